The summed E-state index contributed by atoms with van der Waals surface area (Å²) in [6, 6.07) is 9.34. The fraction of sp³-hybridized carbons (Fsp3) is 0.235. The fourth-order valence-electron chi connectivity index (χ4n) is 2.31. The first-order valence-corrected chi connectivity index (χ1v) is 6.76. The largest absolute Gasteiger partial charge is 0.504 e. The van der Waals surface area contributed by atoms with E-state index in [1.807, 2.05) is 30.3 Å². The summed E-state index contributed by atoms with van der Waals surface area (Å²) < 4.78 is 10.1. The summed E-state index contributed by atoms with van der Waals surface area (Å²) in [4.78, 5) is 12.4. The van der Waals surface area contributed by atoms with E-state index in [2.05, 4.69) is 0 Å². The molecule has 0 radical (unpaired) electrons. The number of carbonyl (C=O) groups is 1. The summed E-state index contributed by atoms with van der Waals surface area (Å²) in [5.41, 5.74) is 0.870. The number of benzene rings is 1. The van der Waals surface area contributed by atoms with Crippen molar-refractivity contribution in [3.63, 3.8) is 0 Å². The van der Waals surface area contributed by atoms with Gasteiger partial charge in [-0.05, 0) is 11.6 Å². The number of rotatable bonds is 5. The number of ketones is 1. The van der Waals surface area contributed by atoms with Crippen molar-refractivity contribution in [2.24, 2.45) is 5.92 Å². The summed E-state index contributed by atoms with van der Waals surface area (Å²) >= 11 is 0. The van der Waals surface area contributed by atoms with Crippen molar-refractivity contribution in [3.8, 4) is 0 Å². The third kappa shape index (κ3) is 3.20. The molecule has 5 heteroatoms. The Morgan fingerprint density at radius 2 is 1.86 bits per heavy atom. The average molecular weight is 302 g/mol. The predicted molar refractivity (Wildman–Crippen MR) is 81.7 cm³/mol. The smallest absolute Gasteiger partial charge is 0.169 e. The van der Waals surface area contributed by atoms with E-state index in [4.69, 9.17) is 9.47 Å². The molecule has 1 aromatic carbocycles. The quantitative estimate of drug-likeness (QED) is 0.816. The Bertz CT molecular complexity index is 628. The molecule has 0 aromatic heterocycles. The zero-order valence-corrected chi connectivity index (χ0v) is 12.4. The summed E-state index contributed by atoms with van der Waals surface area (Å²) in [6.45, 7) is 0. The molecule has 1 aliphatic carbocycles. The van der Waals surface area contributed by atoms with Gasteiger partial charge < -0.3 is 19.7 Å². The molecule has 116 valence electrons. The van der Waals surface area contributed by atoms with Gasteiger partial charge in [0.05, 0.1) is 14.2 Å². The minimum atomic E-state index is -1.29. The highest BCUT2D eigenvalue weighted by Gasteiger charge is 2.38. The maximum atomic E-state index is 12.4. The highest BCUT2D eigenvalue weighted by atomic mass is 16.5. The second-order valence-corrected chi connectivity index (χ2v) is 4.77. The van der Waals surface area contributed by atoms with Crippen LogP contribution in [0.4, 0.5) is 0 Å². The lowest BCUT2D eigenvalue weighted by atomic mass is 9.88. The zero-order valence-electron chi connectivity index (χ0n) is 12.4. The van der Waals surface area contributed by atoms with Crippen LogP contribution in [-0.4, -0.2) is 36.3 Å². The second kappa shape index (κ2) is 6.95. The van der Waals surface area contributed by atoms with E-state index >= 15 is 0 Å². The van der Waals surface area contributed by atoms with Crippen molar-refractivity contribution >= 4 is 11.9 Å². The van der Waals surface area contributed by atoms with Gasteiger partial charge in [0.1, 0.15) is 17.8 Å². The van der Waals surface area contributed by atoms with Crippen LogP contribution in [0.2, 0.25) is 0 Å². The van der Waals surface area contributed by atoms with E-state index in [0.29, 0.717) is 0 Å². The Kier molecular flexibility index (Phi) is 5.01. The van der Waals surface area contributed by atoms with Gasteiger partial charge in [-0.3, -0.25) is 4.79 Å². The van der Waals surface area contributed by atoms with Crippen molar-refractivity contribution < 1.29 is 24.5 Å². The van der Waals surface area contributed by atoms with Gasteiger partial charge in [-0.25, -0.2) is 0 Å². The van der Waals surface area contributed by atoms with Crippen molar-refractivity contribution in [3.05, 3.63) is 65.3 Å². The van der Waals surface area contributed by atoms with Gasteiger partial charge in [0.15, 0.2) is 17.3 Å². The van der Waals surface area contributed by atoms with Gasteiger partial charge in [-0.15, -0.1) is 0 Å². The average Bonchev–Trinajstić information content (AvgIpc) is 2.53. The van der Waals surface area contributed by atoms with E-state index in [0.717, 1.165) is 5.56 Å². The number of carbonyl (C=O) groups excluding carboxylic acids is 1. The highest BCUT2D eigenvalue weighted by Crippen LogP contribution is 2.30. The second-order valence-electron chi connectivity index (χ2n) is 4.77. The number of aliphatic hydroxyl groups is 2. The first-order chi connectivity index (χ1) is 10.6. The van der Waals surface area contributed by atoms with Crippen LogP contribution in [0.1, 0.15) is 5.56 Å². The van der Waals surface area contributed by atoms with E-state index < -0.39 is 12.0 Å². The minimum Gasteiger partial charge on any atom is -0.504 e. The number of hydrogen-bond donors (Lipinski definition) is 2. The molecule has 0 amide bonds. The van der Waals surface area contributed by atoms with Gasteiger partial charge in [0.25, 0.3) is 0 Å². The number of methoxy groups -OCH3 is 2. The molecule has 0 saturated heterocycles. The molecule has 1 aliphatic rings. The Morgan fingerprint density at radius 3 is 2.45 bits per heavy atom. The SMILES string of the molecule is COC1=CC(O)=C(OC)[C@@H](O)[C@@H]1C(=O)/C=C/c1ccccc1. The van der Waals surface area contributed by atoms with E-state index in [1.165, 1.54) is 26.4 Å². The number of hydrogen-bond acceptors (Lipinski definition) is 5. The van der Waals surface area contributed by atoms with Gasteiger partial charge >= 0.3 is 0 Å². The molecule has 0 unspecified atom stereocenters. The van der Waals surface area contributed by atoms with Crippen molar-refractivity contribution in [1.29, 1.82) is 0 Å². The van der Waals surface area contributed by atoms with Gasteiger partial charge in [-0.2, -0.15) is 0 Å². The number of ether oxygens (including phenoxy) is 2. The van der Waals surface area contributed by atoms with E-state index in [1.54, 1.807) is 6.08 Å². The maximum absolute atomic E-state index is 12.4. The Labute approximate surface area is 128 Å². The fourth-order valence-corrected chi connectivity index (χ4v) is 2.31. The Morgan fingerprint density at radius 1 is 1.18 bits per heavy atom. The van der Waals surface area contributed by atoms with Crippen LogP contribution >= 0.6 is 0 Å². The molecule has 2 rings (SSSR count). The molecule has 5 nitrogen and oxygen atoms in total. The van der Waals surface area contributed by atoms with Crippen LogP contribution in [-0.2, 0) is 14.3 Å². The Balaban J connectivity index is 2.25. The van der Waals surface area contributed by atoms with Crippen molar-refractivity contribution in [2.45, 2.75) is 6.10 Å². The summed E-state index contributed by atoms with van der Waals surface area (Å²) in [7, 11) is 2.70. The number of allylic oxidation sites excluding steroid dienone is 2. The lowest BCUT2D eigenvalue weighted by molar-refractivity contribution is -0.121. The molecule has 1 aromatic rings. The molecule has 22 heavy (non-hydrogen) atoms. The van der Waals surface area contributed by atoms with Gasteiger partial charge in [0, 0.05) is 6.08 Å². The third-order valence-electron chi connectivity index (χ3n) is 3.42. The van der Waals surface area contributed by atoms with E-state index in [9.17, 15) is 15.0 Å². The summed E-state index contributed by atoms with van der Waals surface area (Å²) in [5.74, 6) is -1.40. The molecule has 0 saturated carbocycles. The molecule has 2 N–H and O–H groups in total. The monoisotopic (exact) mass is 302 g/mol. The van der Waals surface area contributed by atoms with E-state index in [-0.39, 0.29) is 23.1 Å². The third-order valence-corrected chi connectivity index (χ3v) is 3.42. The lowest BCUT2D eigenvalue weighted by Gasteiger charge is -2.27. The summed E-state index contributed by atoms with van der Waals surface area (Å²) in [6.07, 6.45) is 3.03. The Hall–Kier alpha value is -2.53. The molecule has 0 heterocycles. The van der Waals surface area contributed by atoms with Crippen molar-refractivity contribution in [2.75, 3.05) is 14.2 Å². The van der Waals surface area contributed by atoms with Crippen LogP contribution in [0.5, 0.6) is 0 Å². The highest BCUT2D eigenvalue weighted by molar-refractivity contribution is 5.97. The zero-order chi connectivity index (χ0) is 16.1. The first kappa shape index (κ1) is 15.9. The predicted octanol–water partition coefficient (Wildman–Crippen LogP) is 2.21. The van der Waals surface area contributed by atoms with Gasteiger partial charge in [0.2, 0.25) is 0 Å². The normalized spacial score (nSPS) is 21.7. The minimum absolute atomic E-state index is 0.0488. The molecule has 0 fully saturated rings. The molecular weight excluding hydrogens is 284 g/mol. The maximum Gasteiger partial charge on any atom is 0.169 e. The first-order valence-electron chi connectivity index (χ1n) is 6.76. The molecule has 0 spiro atoms. The molecular formula is C17H18O5. The standard InChI is InChI=1S/C17H18O5/c1-21-14-10-13(19)17(22-2)16(20)15(14)12(18)9-8-11-6-4-3-5-7-11/h3-10,15-16,19-20H,1-2H3/b9-8+/t15-,16+/m1/s1. The van der Waals surface area contributed by atoms with Crippen LogP contribution in [0.3, 0.4) is 0 Å². The lowest BCUT2D eigenvalue weighted by Crippen LogP contribution is -2.35. The number of aliphatic hydroxyl groups excluding tert-OH is 2. The topological polar surface area (TPSA) is 76.0 Å². The van der Waals surface area contributed by atoms with Crippen LogP contribution < -0.4 is 0 Å². The van der Waals surface area contributed by atoms with Crippen molar-refractivity contribution in [1.82, 2.24) is 0 Å². The molecule has 0 aliphatic heterocycles. The van der Waals surface area contributed by atoms with Crippen LogP contribution in [0.25, 0.3) is 6.08 Å². The molecule has 0 bridgehead atoms. The summed E-state index contributed by atoms with van der Waals surface area (Å²) in [5, 5.41) is 20.0. The van der Waals surface area contributed by atoms with Gasteiger partial charge in [-0.1, -0.05) is 36.4 Å². The molecule has 2 atom stereocenters. The van der Waals surface area contributed by atoms with Crippen LogP contribution in [0.15, 0.2) is 59.8 Å². The van der Waals surface area contributed by atoms with Crippen LogP contribution in [0, 0.1) is 5.92 Å².